The fourth-order valence-electron chi connectivity index (χ4n) is 1.16. The number of aliphatic hydroxyl groups excluding tert-OH is 1. The van der Waals surface area contributed by atoms with E-state index >= 15 is 0 Å². The monoisotopic (exact) mass is 206 g/mol. The molecular formula is C10H14N4O. The zero-order valence-corrected chi connectivity index (χ0v) is 8.81. The van der Waals surface area contributed by atoms with Crippen LogP contribution in [0.4, 0.5) is 11.5 Å². The van der Waals surface area contributed by atoms with E-state index in [2.05, 4.69) is 4.98 Å². The predicted octanol–water partition coefficient (Wildman–Crippen LogP) is 0.352. The van der Waals surface area contributed by atoms with Crippen LogP contribution in [0.25, 0.3) is 0 Å². The summed E-state index contributed by atoms with van der Waals surface area (Å²) in [6, 6.07) is 3.48. The van der Waals surface area contributed by atoms with Crippen LogP contribution >= 0.6 is 0 Å². The van der Waals surface area contributed by atoms with Gasteiger partial charge >= 0.3 is 0 Å². The van der Waals surface area contributed by atoms with Crippen LogP contribution in [0.3, 0.4) is 0 Å². The van der Waals surface area contributed by atoms with Gasteiger partial charge in [0, 0.05) is 13.2 Å². The van der Waals surface area contributed by atoms with Crippen LogP contribution in [0, 0.1) is 11.3 Å². The van der Waals surface area contributed by atoms with E-state index in [1.165, 1.54) is 6.20 Å². The van der Waals surface area contributed by atoms with Crippen molar-refractivity contribution in [2.75, 3.05) is 24.3 Å². The molecule has 5 nitrogen and oxygen atoms in total. The lowest BCUT2D eigenvalue weighted by Crippen LogP contribution is -2.33. The van der Waals surface area contributed by atoms with Crippen molar-refractivity contribution < 1.29 is 5.11 Å². The van der Waals surface area contributed by atoms with Gasteiger partial charge in [0.2, 0.25) is 0 Å². The largest absolute Gasteiger partial charge is 0.396 e. The Kier molecular flexibility index (Phi) is 3.47. The van der Waals surface area contributed by atoms with Gasteiger partial charge in [0.05, 0.1) is 23.9 Å². The van der Waals surface area contributed by atoms with Crippen LogP contribution in [0.1, 0.15) is 12.5 Å². The molecule has 1 unspecified atom stereocenters. The molecule has 1 rings (SSSR count). The van der Waals surface area contributed by atoms with Crippen molar-refractivity contribution >= 4 is 11.5 Å². The maximum Gasteiger partial charge on any atom is 0.151 e. The molecule has 1 aromatic heterocycles. The molecule has 0 radical (unpaired) electrons. The quantitative estimate of drug-likeness (QED) is 0.745. The van der Waals surface area contributed by atoms with E-state index in [1.54, 1.807) is 18.0 Å². The van der Waals surface area contributed by atoms with Crippen LogP contribution in [-0.2, 0) is 0 Å². The Morgan fingerprint density at radius 2 is 2.40 bits per heavy atom. The number of nitrogens with two attached hydrogens (primary N) is 1. The molecule has 3 N–H and O–H groups in total. The van der Waals surface area contributed by atoms with E-state index in [1.807, 2.05) is 13.0 Å². The van der Waals surface area contributed by atoms with Crippen molar-refractivity contribution in [1.29, 1.82) is 5.26 Å². The fraction of sp³-hybridized carbons (Fsp3) is 0.400. The average Bonchev–Trinajstić information content (AvgIpc) is 2.26. The SMILES string of the molecule is CC(CO)N(C)c1ncc(C#N)cc1N. The van der Waals surface area contributed by atoms with Gasteiger partial charge in [0.1, 0.15) is 6.07 Å². The second-order valence-corrected chi connectivity index (χ2v) is 3.39. The minimum Gasteiger partial charge on any atom is -0.396 e. The number of rotatable bonds is 3. The number of hydrogen-bond donors (Lipinski definition) is 2. The number of nitrogen functional groups attached to an aromatic ring is 1. The van der Waals surface area contributed by atoms with Gasteiger partial charge in [-0.2, -0.15) is 5.26 Å². The maximum atomic E-state index is 9.00. The van der Waals surface area contributed by atoms with Crippen molar-refractivity contribution in [3.8, 4) is 6.07 Å². The third-order valence-corrected chi connectivity index (χ3v) is 2.28. The molecular weight excluding hydrogens is 192 g/mol. The second-order valence-electron chi connectivity index (χ2n) is 3.39. The summed E-state index contributed by atoms with van der Waals surface area (Å²) >= 11 is 0. The molecule has 0 bridgehead atoms. The number of aromatic nitrogens is 1. The Morgan fingerprint density at radius 1 is 1.73 bits per heavy atom. The first-order chi connectivity index (χ1) is 7.10. The fourth-order valence-corrected chi connectivity index (χ4v) is 1.16. The predicted molar refractivity (Wildman–Crippen MR) is 58.3 cm³/mol. The number of aliphatic hydroxyl groups is 1. The summed E-state index contributed by atoms with van der Waals surface area (Å²) in [4.78, 5) is 5.86. The molecule has 0 saturated carbocycles. The highest BCUT2D eigenvalue weighted by Gasteiger charge is 2.13. The van der Waals surface area contributed by atoms with Crippen LogP contribution in [-0.4, -0.2) is 29.8 Å². The molecule has 0 aliphatic carbocycles. The summed E-state index contributed by atoms with van der Waals surface area (Å²) in [5.74, 6) is 0.579. The van der Waals surface area contributed by atoms with Gasteiger partial charge in [-0.3, -0.25) is 0 Å². The summed E-state index contributed by atoms with van der Waals surface area (Å²) in [7, 11) is 1.80. The minimum absolute atomic E-state index is 0.0254. The molecule has 0 aliphatic rings. The minimum atomic E-state index is -0.0623. The van der Waals surface area contributed by atoms with E-state index in [9.17, 15) is 0 Å². The third kappa shape index (κ3) is 2.36. The molecule has 0 spiro atoms. The molecule has 1 aromatic rings. The molecule has 0 amide bonds. The standard InChI is InChI=1S/C10H14N4O/c1-7(6-15)14(2)10-9(12)3-8(4-11)5-13-10/h3,5,7,15H,6,12H2,1-2H3. The highest BCUT2D eigenvalue weighted by molar-refractivity contribution is 5.64. The van der Waals surface area contributed by atoms with E-state index in [0.29, 0.717) is 17.1 Å². The summed E-state index contributed by atoms with van der Waals surface area (Å²) < 4.78 is 0. The molecule has 0 aromatic carbocycles. The number of anilines is 2. The number of nitrogens with zero attached hydrogens (tertiary/aromatic N) is 3. The second kappa shape index (κ2) is 4.62. The molecule has 5 heteroatoms. The number of pyridine rings is 1. The Balaban J connectivity index is 3.01. The van der Waals surface area contributed by atoms with Gasteiger partial charge in [-0.25, -0.2) is 4.98 Å². The topological polar surface area (TPSA) is 86.2 Å². The zero-order valence-electron chi connectivity index (χ0n) is 8.81. The van der Waals surface area contributed by atoms with E-state index in [4.69, 9.17) is 16.1 Å². The van der Waals surface area contributed by atoms with E-state index in [0.717, 1.165) is 0 Å². The Labute approximate surface area is 88.8 Å². The molecule has 1 heterocycles. The van der Waals surface area contributed by atoms with Gasteiger partial charge in [-0.15, -0.1) is 0 Å². The average molecular weight is 206 g/mol. The molecule has 0 fully saturated rings. The molecule has 1 atom stereocenters. The van der Waals surface area contributed by atoms with Gasteiger partial charge in [-0.1, -0.05) is 0 Å². The van der Waals surface area contributed by atoms with E-state index < -0.39 is 0 Å². The van der Waals surface area contributed by atoms with E-state index in [-0.39, 0.29) is 12.6 Å². The summed E-state index contributed by atoms with van der Waals surface area (Å²) in [6.07, 6.45) is 1.46. The van der Waals surface area contributed by atoms with Gasteiger partial charge in [0.15, 0.2) is 5.82 Å². The number of hydrogen-bond acceptors (Lipinski definition) is 5. The summed E-state index contributed by atoms with van der Waals surface area (Å²) in [6.45, 7) is 1.89. The van der Waals surface area contributed by atoms with Crippen molar-refractivity contribution in [1.82, 2.24) is 4.98 Å². The van der Waals surface area contributed by atoms with Crippen molar-refractivity contribution in [2.45, 2.75) is 13.0 Å². The van der Waals surface area contributed by atoms with Crippen molar-refractivity contribution in [3.05, 3.63) is 17.8 Å². The lowest BCUT2D eigenvalue weighted by Gasteiger charge is -2.25. The van der Waals surface area contributed by atoms with Crippen molar-refractivity contribution in [2.24, 2.45) is 0 Å². The maximum absolute atomic E-state index is 9.00. The molecule has 0 saturated heterocycles. The highest BCUT2D eigenvalue weighted by atomic mass is 16.3. The first-order valence-corrected chi connectivity index (χ1v) is 4.59. The molecule has 0 aliphatic heterocycles. The normalized spacial score (nSPS) is 11.9. The molecule has 80 valence electrons. The lowest BCUT2D eigenvalue weighted by atomic mass is 10.2. The van der Waals surface area contributed by atoms with Crippen LogP contribution in [0.5, 0.6) is 0 Å². The third-order valence-electron chi connectivity index (χ3n) is 2.28. The van der Waals surface area contributed by atoms with Gasteiger partial charge in [-0.05, 0) is 13.0 Å². The summed E-state index contributed by atoms with van der Waals surface area (Å²) in [5.41, 5.74) is 6.63. The Morgan fingerprint density at radius 3 is 2.87 bits per heavy atom. The summed E-state index contributed by atoms with van der Waals surface area (Å²) in [5, 5.41) is 17.6. The van der Waals surface area contributed by atoms with Crippen LogP contribution in [0.2, 0.25) is 0 Å². The zero-order chi connectivity index (χ0) is 11.4. The van der Waals surface area contributed by atoms with Gasteiger partial charge in [0.25, 0.3) is 0 Å². The molecule has 15 heavy (non-hydrogen) atoms. The van der Waals surface area contributed by atoms with Crippen LogP contribution < -0.4 is 10.6 Å². The van der Waals surface area contributed by atoms with Gasteiger partial charge < -0.3 is 15.7 Å². The van der Waals surface area contributed by atoms with Crippen LogP contribution in [0.15, 0.2) is 12.3 Å². The van der Waals surface area contributed by atoms with Crippen molar-refractivity contribution in [3.63, 3.8) is 0 Å². The smallest absolute Gasteiger partial charge is 0.151 e. The Hall–Kier alpha value is -1.80. The number of likely N-dealkylation sites (N-methyl/N-ethyl adjacent to an activating group) is 1. The lowest BCUT2D eigenvalue weighted by molar-refractivity contribution is 0.270. The first kappa shape index (κ1) is 11.3. The first-order valence-electron chi connectivity index (χ1n) is 4.59. The highest BCUT2D eigenvalue weighted by Crippen LogP contribution is 2.21. The Bertz CT molecular complexity index is 385. The number of nitriles is 1.